The highest BCUT2D eigenvalue weighted by Crippen LogP contribution is 2.21. The summed E-state index contributed by atoms with van der Waals surface area (Å²) in [5, 5.41) is 2.57. The minimum Gasteiger partial charge on any atom is -0.353 e. The number of hydrogen-bond donors (Lipinski definition) is 2. The molecule has 0 unspecified atom stereocenters. The number of nitrogens with two attached hydrogens (primary N) is 1. The summed E-state index contributed by atoms with van der Waals surface area (Å²) < 4.78 is 0. The number of imide groups is 1. The quantitative estimate of drug-likeness (QED) is 0.731. The van der Waals surface area contributed by atoms with E-state index < -0.39 is 6.04 Å². The first-order chi connectivity index (χ1) is 9.02. The smallest absolute Gasteiger partial charge is 0.261 e. The number of hydrogen-bond acceptors (Lipinski definition) is 4. The molecule has 1 aromatic carbocycles. The molecule has 100 valence electrons. The maximum atomic E-state index is 12.0. The van der Waals surface area contributed by atoms with E-state index in [0.29, 0.717) is 11.1 Å². The molecule has 1 atom stereocenters. The highest BCUT2D eigenvalue weighted by molar-refractivity contribution is 6.21. The van der Waals surface area contributed by atoms with E-state index in [1.807, 2.05) is 0 Å². The second kappa shape index (κ2) is 5.19. The number of nitrogens with zero attached hydrogens (tertiary/aromatic N) is 1. The molecule has 0 aromatic heterocycles. The summed E-state index contributed by atoms with van der Waals surface area (Å²) >= 11 is 0. The maximum absolute atomic E-state index is 12.0. The average Bonchev–Trinajstić information content (AvgIpc) is 2.64. The molecule has 0 radical (unpaired) electrons. The molecular formula is C13H15N3O3. The van der Waals surface area contributed by atoms with E-state index in [2.05, 4.69) is 5.32 Å². The summed E-state index contributed by atoms with van der Waals surface area (Å²) in [5.41, 5.74) is 6.21. The Morgan fingerprint density at radius 2 is 1.79 bits per heavy atom. The molecule has 19 heavy (non-hydrogen) atoms. The fourth-order valence-electron chi connectivity index (χ4n) is 1.89. The Hall–Kier alpha value is -2.21. The van der Waals surface area contributed by atoms with Gasteiger partial charge < -0.3 is 11.1 Å². The molecule has 6 nitrogen and oxygen atoms in total. The molecule has 0 aliphatic carbocycles. The van der Waals surface area contributed by atoms with Crippen LogP contribution in [-0.2, 0) is 4.79 Å². The van der Waals surface area contributed by atoms with Crippen LogP contribution in [0.3, 0.4) is 0 Å². The van der Waals surface area contributed by atoms with Crippen molar-refractivity contribution in [1.82, 2.24) is 10.2 Å². The van der Waals surface area contributed by atoms with Gasteiger partial charge in [-0.2, -0.15) is 0 Å². The number of fused-ring (bicyclic) bond motifs is 1. The van der Waals surface area contributed by atoms with E-state index in [1.165, 1.54) is 0 Å². The van der Waals surface area contributed by atoms with Gasteiger partial charge in [-0.05, 0) is 19.1 Å². The zero-order valence-corrected chi connectivity index (χ0v) is 10.6. The molecule has 0 bridgehead atoms. The lowest BCUT2D eigenvalue weighted by molar-refractivity contribution is -0.122. The van der Waals surface area contributed by atoms with Crippen molar-refractivity contribution in [3.63, 3.8) is 0 Å². The Kier molecular flexibility index (Phi) is 3.62. The van der Waals surface area contributed by atoms with Gasteiger partial charge in [-0.25, -0.2) is 0 Å². The highest BCUT2D eigenvalue weighted by Gasteiger charge is 2.34. The van der Waals surface area contributed by atoms with E-state index in [0.717, 1.165) is 4.90 Å². The van der Waals surface area contributed by atoms with E-state index in [4.69, 9.17) is 5.73 Å². The molecule has 0 saturated heterocycles. The van der Waals surface area contributed by atoms with Crippen molar-refractivity contribution in [1.29, 1.82) is 0 Å². The monoisotopic (exact) mass is 261 g/mol. The third kappa shape index (κ3) is 2.48. The van der Waals surface area contributed by atoms with Crippen molar-refractivity contribution in [3.05, 3.63) is 35.4 Å². The second-order valence-corrected chi connectivity index (χ2v) is 4.39. The standard InChI is InChI=1S/C13H15N3O3/c1-8(14)11(17)15-6-7-16-12(18)9-4-2-3-5-10(9)13(16)19/h2-5,8H,6-7,14H2,1H3,(H,15,17)/t8-/m1/s1. The van der Waals surface area contributed by atoms with Gasteiger partial charge in [0.25, 0.3) is 11.8 Å². The van der Waals surface area contributed by atoms with Crippen LogP contribution >= 0.6 is 0 Å². The first kappa shape index (κ1) is 13.2. The largest absolute Gasteiger partial charge is 0.353 e. The lowest BCUT2D eigenvalue weighted by Crippen LogP contribution is -2.43. The number of rotatable bonds is 4. The van der Waals surface area contributed by atoms with Crippen LogP contribution in [0.25, 0.3) is 0 Å². The average molecular weight is 261 g/mol. The van der Waals surface area contributed by atoms with E-state index in [9.17, 15) is 14.4 Å². The topological polar surface area (TPSA) is 92.5 Å². The van der Waals surface area contributed by atoms with Gasteiger partial charge in [0, 0.05) is 13.1 Å². The summed E-state index contributed by atoms with van der Waals surface area (Å²) in [5.74, 6) is -0.956. The van der Waals surface area contributed by atoms with Crippen molar-refractivity contribution in [3.8, 4) is 0 Å². The molecule has 1 aromatic rings. The minimum absolute atomic E-state index is 0.144. The minimum atomic E-state index is -0.609. The van der Waals surface area contributed by atoms with Crippen molar-refractivity contribution in [2.75, 3.05) is 13.1 Å². The third-order valence-electron chi connectivity index (χ3n) is 2.93. The lowest BCUT2D eigenvalue weighted by Gasteiger charge is -2.14. The predicted molar refractivity (Wildman–Crippen MR) is 68.5 cm³/mol. The Balaban J connectivity index is 1.99. The van der Waals surface area contributed by atoms with Crippen LogP contribution in [0.5, 0.6) is 0 Å². The zero-order valence-electron chi connectivity index (χ0n) is 10.6. The van der Waals surface area contributed by atoms with Crippen LogP contribution in [-0.4, -0.2) is 41.8 Å². The number of carbonyl (C=O) groups is 3. The summed E-state index contributed by atoms with van der Waals surface area (Å²) in [6.45, 7) is 1.91. The Morgan fingerprint density at radius 1 is 1.26 bits per heavy atom. The first-order valence-corrected chi connectivity index (χ1v) is 6.01. The maximum Gasteiger partial charge on any atom is 0.261 e. The van der Waals surface area contributed by atoms with Crippen molar-refractivity contribution < 1.29 is 14.4 Å². The van der Waals surface area contributed by atoms with Crippen LogP contribution < -0.4 is 11.1 Å². The summed E-state index contributed by atoms with van der Waals surface area (Å²) in [6.07, 6.45) is 0. The molecule has 3 N–H and O–H groups in total. The van der Waals surface area contributed by atoms with Gasteiger partial charge in [0.1, 0.15) is 0 Å². The number of nitrogens with one attached hydrogen (secondary N) is 1. The van der Waals surface area contributed by atoms with Crippen LogP contribution in [0, 0.1) is 0 Å². The Labute approximate surface area is 110 Å². The SMILES string of the molecule is C[C@@H](N)C(=O)NCCN1C(=O)c2ccccc2C1=O. The zero-order chi connectivity index (χ0) is 14.0. The molecule has 3 amide bonds. The molecule has 6 heteroatoms. The summed E-state index contributed by atoms with van der Waals surface area (Å²) in [7, 11) is 0. The van der Waals surface area contributed by atoms with Crippen LogP contribution in [0.1, 0.15) is 27.6 Å². The summed E-state index contributed by atoms with van der Waals surface area (Å²) in [4.78, 5) is 36.4. The molecule has 2 rings (SSSR count). The van der Waals surface area contributed by atoms with Gasteiger partial charge in [-0.3, -0.25) is 19.3 Å². The van der Waals surface area contributed by atoms with Gasteiger partial charge in [-0.15, -0.1) is 0 Å². The second-order valence-electron chi connectivity index (χ2n) is 4.39. The fraction of sp³-hybridized carbons (Fsp3) is 0.308. The highest BCUT2D eigenvalue weighted by atomic mass is 16.2. The number of amides is 3. The van der Waals surface area contributed by atoms with Crippen LogP contribution in [0.15, 0.2) is 24.3 Å². The van der Waals surface area contributed by atoms with Gasteiger partial charge in [0.2, 0.25) is 5.91 Å². The third-order valence-corrected chi connectivity index (χ3v) is 2.93. The van der Waals surface area contributed by atoms with Crippen molar-refractivity contribution in [2.24, 2.45) is 5.73 Å². The molecule has 1 heterocycles. The Bertz CT molecular complexity index is 505. The molecule has 1 aliphatic rings. The predicted octanol–water partition coefficient (Wildman–Crippen LogP) is -0.254. The molecule has 1 aliphatic heterocycles. The van der Waals surface area contributed by atoms with Crippen LogP contribution in [0.2, 0.25) is 0 Å². The van der Waals surface area contributed by atoms with Gasteiger partial charge in [0.05, 0.1) is 17.2 Å². The molecule has 0 spiro atoms. The first-order valence-electron chi connectivity index (χ1n) is 6.01. The van der Waals surface area contributed by atoms with Gasteiger partial charge >= 0.3 is 0 Å². The van der Waals surface area contributed by atoms with E-state index in [-0.39, 0.29) is 30.8 Å². The summed E-state index contributed by atoms with van der Waals surface area (Å²) in [6, 6.07) is 6.06. The van der Waals surface area contributed by atoms with Crippen molar-refractivity contribution in [2.45, 2.75) is 13.0 Å². The van der Waals surface area contributed by atoms with Gasteiger partial charge in [0.15, 0.2) is 0 Å². The molecule has 0 saturated carbocycles. The van der Waals surface area contributed by atoms with Crippen molar-refractivity contribution >= 4 is 17.7 Å². The van der Waals surface area contributed by atoms with E-state index in [1.54, 1.807) is 31.2 Å². The normalized spacial score (nSPS) is 15.4. The van der Waals surface area contributed by atoms with E-state index >= 15 is 0 Å². The van der Waals surface area contributed by atoms with Gasteiger partial charge in [-0.1, -0.05) is 12.1 Å². The molecule has 0 fully saturated rings. The Morgan fingerprint density at radius 3 is 2.26 bits per heavy atom. The number of carbonyl (C=O) groups excluding carboxylic acids is 3. The fourth-order valence-corrected chi connectivity index (χ4v) is 1.89. The van der Waals surface area contributed by atoms with Crippen LogP contribution in [0.4, 0.5) is 0 Å². The number of benzene rings is 1. The lowest BCUT2D eigenvalue weighted by atomic mass is 10.1. The molecular weight excluding hydrogens is 246 g/mol.